The van der Waals surface area contributed by atoms with Gasteiger partial charge < -0.3 is 4.90 Å². The third-order valence-electron chi connectivity index (χ3n) is 4.86. The summed E-state index contributed by atoms with van der Waals surface area (Å²) in [6.45, 7) is 5.29. The molecule has 2 heterocycles. The summed E-state index contributed by atoms with van der Waals surface area (Å²) in [5, 5.41) is 4.02. The molecule has 1 aliphatic rings. The van der Waals surface area contributed by atoms with E-state index in [4.69, 9.17) is 23.2 Å². The summed E-state index contributed by atoms with van der Waals surface area (Å²) in [4.78, 5) is 3.59. The van der Waals surface area contributed by atoms with Crippen molar-refractivity contribution in [3.05, 3.63) is 68.1 Å². The van der Waals surface area contributed by atoms with E-state index in [-0.39, 0.29) is 0 Å². The number of thioether (sulfide) groups is 1. The average molecular weight is 448 g/mol. The van der Waals surface area contributed by atoms with E-state index < -0.39 is 0 Å². The van der Waals surface area contributed by atoms with Crippen molar-refractivity contribution in [2.24, 2.45) is 7.05 Å². The van der Waals surface area contributed by atoms with Gasteiger partial charge in [0, 0.05) is 33.6 Å². The molecule has 0 unspecified atom stereocenters. The highest BCUT2D eigenvalue weighted by Gasteiger charge is 2.24. The smallest absolute Gasteiger partial charge is 0.262 e. The quantitative estimate of drug-likeness (QED) is 0.387. The van der Waals surface area contributed by atoms with Gasteiger partial charge in [-0.1, -0.05) is 53.2 Å². The number of thiazole rings is 1. The Morgan fingerprint density at radius 3 is 2.61 bits per heavy atom. The molecule has 1 aliphatic heterocycles. The van der Waals surface area contributed by atoms with Gasteiger partial charge >= 0.3 is 0 Å². The van der Waals surface area contributed by atoms with Crippen molar-refractivity contribution < 1.29 is 4.57 Å². The van der Waals surface area contributed by atoms with Gasteiger partial charge in [0.05, 0.1) is 10.7 Å². The maximum atomic E-state index is 6.22. The molecular weight excluding hydrogens is 427 g/mol. The summed E-state index contributed by atoms with van der Waals surface area (Å²) < 4.78 is 3.46. The summed E-state index contributed by atoms with van der Waals surface area (Å²) in [6, 6.07) is 12.2. The van der Waals surface area contributed by atoms with Gasteiger partial charge in [-0.05, 0) is 55.3 Å². The molecule has 0 spiro atoms. The van der Waals surface area contributed by atoms with Crippen molar-refractivity contribution in [3.8, 4) is 0 Å². The number of hydrogen-bond acceptors (Lipinski definition) is 3. The number of nitrogens with zero attached hydrogens (tertiary/aromatic N) is 2. The Morgan fingerprint density at radius 2 is 1.86 bits per heavy atom. The van der Waals surface area contributed by atoms with Crippen molar-refractivity contribution >= 4 is 68.3 Å². The molecule has 1 aromatic heterocycles. The molecule has 0 bridgehead atoms. The van der Waals surface area contributed by atoms with Crippen LogP contribution in [0.4, 0.5) is 5.69 Å². The van der Waals surface area contributed by atoms with Crippen LogP contribution in [0.2, 0.25) is 10.0 Å². The summed E-state index contributed by atoms with van der Waals surface area (Å²) in [6.07, 6.45) is 5.56. The lowest BCUT2D eigenvalue weighted by Crippen LogP contribution is -2.29. The number of aryl methyl sites for hydroxylation is 1. The van der Waals surface area contributed by atoms with Crippen LogP contribution in [-0.4, -0.2) is 6.54 Å². The van der Waals surface area contributed by atoms with Crippen LogP contribution in [0.15, 0.2) is 58.0 Å². The van der Waals surface area contributed by atoms with Gasteiger partial charge in [0.2, 0.25) is 5.52 Å². The highest BCUT2D eigenvalue weighted by Crippen LogP contribution is 2.47. The van der Waals surface area contributed by atoms with Gasteiger partial charge in [0.25, 0.3) is 5.01 Å². The number of anilines is 1. The monoisotopic (exact) mass is 447 g/mol. The second kappa shape index (κ2) is 8.11. The molecule has 0 saturated carbocycles. The molecule has 4 rings (SSSR count). The van der Waals surface area contributed by atoms with Crippen molar-refractivity contribution in [2.45, 2.75) is 25.2 Å². The van der Waals surface area contributed by atoms with Crippen molar-refractivity contribution in [1.29, 1.82) is 0 Å². The second-order valence-electron chi connectivity index (χ2n) is 6.63. The first-order chi connectivity index (χ1) is 13.5. The molecule has 2 aromatic carbocycles. The molecule has 0 N–H and O–H groups in total. The van der Waals surface area contributed by atoms with Crippen LogP contribution in [0.25, 0.3) is 16.3 Å². The fourth-order valence-electron chi connectivity index (χ4n) is 3.34. The van der Waals surface area contributed by atoms with E-state index in [1.54, 1.807) is 11.3 Å². The lowest BCUT2D eigenvalue weighted by Gasteiger charge is -2.18. The molecule has 3 aromatic rings. The number of halogens is 2. The van der Waals surface area contributed by atoms with Gasteiger partial charge in [0.1, 0.15) is 11.7 Å². The van der Waals surface area contributed by atoms with E-state index in [0.29, 0.717) is 0 Å². The van der Waals surface area contributed by atoms with Crippen LogP contribution >= 0.6 is 46.3 Å². The second-order valence-corrected chi connectivity index (χ2v) is 9.62. The van der Waals surface area contributed by atoms with Gasteiger partial charge in [-0.25, -0.2) is 0 Å². The molecule has 0 aliphatic carbocycles. The molecule has 6 heteroatoms. The largest absolute Gasteiger partial charge is 0.335 e. The number of rotatable bonds is 4. The van der Waals surface area contributed by atoms with Crippen LogP contribution in [0.5, 0.6) is 0 Å². The molecular formula is C22H21Cl2N2S2+. The van der Waals surface area contributed by atoms with Crippen LogP contribution in [0.3, 0.4) is 0 Å². The fourth-order valence-corrected chi connectivity index (χ4v) is 5.96. The SMILES string of the molecule is CCC(=Cc1sc2ccc(Cl)cc2[n+]1C)C=C1Sc2ccc(Cl)cc2N1CC. The fraction of sp³-hybridized carbons (Fsp3) is 0.227. The van der Waals surface area contributed by atoms with E-state index in [1.165, 1.54) is 36.4 Å². The van der Waals surface area contributed by atoms with Gasteiger partial charge in [0.15, 0.2) is 0 Å². The van der Waals surface area contributed by atoms with Gasteiger partial charge in [-0.15, -0.1) is 0 Å². The third kappa shape index (κ3) is 3.71. The van der Waals surface area contributed by atoms with E-state index in [2.05, 4.69) is 60.7 Å². The van der Waals surface area contributed by atoms with E-state index in [0.717, 1.165) is 23.0 Å². The minimum atomic E-state index is 0.770. The topological polar surface area (TPSA) is 7.12 Å². The van der Waals surface area contributed by atoms with Crippen LogP contribution in [0.1, 0.15) is 25.3 Å². The van der Waals surface area contributed by atoms with Crippen LogP contribution < -0.4 is 9.47 Å². The predicted octanol–water partition coefficient (Wildman–Crippen LogP) is 7.30. The summed E-state index contributed by atoms with van der Waals surface area (Å²) in [5.41, 5.74) is 3.66. The van der Waals surface area contributed by atoms with Gasteiger partial charge in [-0.3, -0.25) is 0 Å². The van der Waals surface area contributed by atoms with Crippen LogP contribution in [0, 0.1) is 0 Å². The first kappa shape index (κ1) is 19.8. The number of aromatic nitrogens is 1. The van der Waals surface area contributed by atoms with E-state index in [1.807, 2.05) is 30.0 Å². The maximum Gasteiger partial charge on any atom is 0.262 e. The zero-order chi connectivity index (χ0) is 19.8. The number of hydrogen-bond donors (Lipinski definition) is 0. The molecule has 0 amide bonds. The maximum absolute atomic E-state index is 6.22. The lowest BCUT2D eigenvalue weighted by molar-refractivity contribution is -0.642. The molecule has 2 nitrogen and oxygen atoms in total. The Morgan fingerprint density at radius 1 is 1.11 bits per heavy atom. The average Bonchev–Trinajstić information content (AvgIpc) is 3.18. The Kier molecular flexibility index (Phi) is 5.75. The highest BCUT2D eigenvalue weighted by atomic mass is 35.5. The normalized spacial score (nSPS) is 15.7. The lowest BCUT2D eigenvalue weighted by atomic mass is 10.2. The third-order valence-corrected chi connectivity index (χ3v) is 7.61. The highest BCUT2D eigenvalue weighted by molar-refractivity contribution is 8.03. The standard InChI is InChI=1S/C22H21Cl2N2S2/c1-4-14(10-21-25(3)17-12-15(23)6-8-19(17)27-21)11-22-26(5-2)18-13-16(24)7-9-20(18)28-22/h6-13H,4-5H2,1-3H3/q+1. The summed E-state index contributed by atoms with van der Waals surface area (Å²) in [5.74, 6) is 0. The molecule has 0 atom stereocenters. The Labute approximate surface area is 184 Å². The molecule has 28 heavy (non-hydrogen) atoms. The van der Waals surface area contributed by atoms with E-state index >= 15 is 0 Å². The van der Waals surface area contributed by atoms with Crippen molar-refractivity contribution in [2.75, 3.05) is 11.4 Å². The van der Waals surface area contributed by atoms with Crippen LogP contribution in [-0.2, 0) is 7.05 Å². The Bertz CT molecular complexity index is 1120. The first-order valence-corrected chi connectivity index (χ1v) is 11.6. The Balaban J connectivity index is 1.73. The predicted molar refractivity (Wildman–Crippen MR) is 125 cm³/mol. The van der Waals surface area contributed by atoms with Crippen molar-refractivity contribution in [3.63, 3.8) is 0 Å². The number of benzene rings is 2. The zero-order valence-electron chi connectivity index (χ0n) is 16.0. The zero-order valence-corrected chi connectivity index (χ0v) is 19.1. The number of fused-ring (bicyclic) bond motifs is 2. The van der Waals surface area contributed by atoms with Gasteiger partial charge in [-0.2, -0.15) is 4.57 Å². The minimum Gasteiger partial charge on any atom is -0.335 e. The first-order valence-electron chi connectivity index (χ1n) is 9.25. The Hall–Kier alpha value is -1.46. The molecule has 0 saturated heterocycles. The molecule has 144 valence electrons. The number of allylic oxidation sites excluding steroid dienone is 2. The molecule has 0 fully saturated rings. The van der Waals surface area contributed by atoms with E-state index in [9.17, 15) is 0 Å². The summed E-state index contributed by atoms with van der Waals surface area (Å²) >= 11 is 16.0. The summed E-state index contributed by atoms with van der Waals surface area (Å²) in [7, 11) is 2.10. The minimum absolute atomic E-state index is 0.770. The van der Waals surface area contributed by atoms with Crippen molar-refractivity contribution in [1.82, 2.24) is 0 Å². The molecule has 0 radical (unpaired) electrons.